The van der Waals surface area contributed by atoms with Crippen molar-refractivity contribution in [1.82, 2.24) is 14.9 Å². The summed E-state index contributed by atoms with van der Waals surface area (Å²) in [5, 5.41) is 3.35. The highest BCUT2D eigenvalue weighted by molar-refractivity contribution is 7.19. The molecular weight excluding hydrogens is 453 g/mol. The first-order valence-corrected chi connectivity index (χ1v) is 10.7. The number of carbonyl (C=O) groups is 2. The topological polar surface area (TPSA) is 90.0 Å². The molecular formula is C23H19F3N4O2S. The van der Waals surface area contributed by atoms with Crippen LogP contribution in [0.1, 0.15) is 26.6 Å². The van der Waals surface area contributed by atoms with Crippen LogP contribution < -0.4 is 11.1 Å². The molecule has 0 atom stereocenters. The Balaban J connectivity index is 1.65. The number of aryl methyl sites for hydroxylation is 1. The fraction of sp³-hybridized carbons (Fsp3) is 0.174. The molecule has 33 heavy (non-hydrogen) atoms. The first-order valence-electron chi connectivity index (χ1n) is 9.89. The minimum Gasteiger partial charge on any atom is -0.368 e. The standard InChI is InChI=1S/C23H19F3N4O2S/c1-30-12-18(29-21(30)22(32)28-11-19(27)31)17-7-3-5-14-10-16(33-20(14)17)9-13-4-2-6-15(8-13)23(24,25)26/h2-8,10,12H,9,11H2,1H3,(H2,27,31)(H,28,32). The van der Waals surface area contributed by atoms with Crippen LogP contribution in [-0.4, -0.2) is 27.9 Å². The van der Waals surface area contributed by atoms with Crippen molar-refractivity contribution in [2.24, 2.45) is 12.8 Å². The number of aromatic nitrogens is 2. The number of benzene rings is 2. The van der Waals surface area contributed by atoms with Crippen molar-refractivity contribution in [1.29, 1.82) is 0 Å². The lowest BCUT2D eigenvalue weighted by molar-refractivity contribution is -0.137. The van der Waals surface area contributed by atoms with E-state index >= 15 is 0 Å². The molecule has 0 fully saturated rings. The summed E-state index contributed by atoms with van der Waals surface area (Å²) in [5.74, 6) is -1.05. The summed E-state index contributed by atoms with van der Waals surface area (Å²) >= 11 is 1.47. The van der Waals surface area contributed by atoms with Gasteiger partial charge in [-0.2, -0.15) is 13.2 Å². The Hall–Kier alpha value is -3.66. The maximum Gasteiger partial charge on any atom is 0.416 e. The number of thiophene rings is 1. The Morgan fingerprint density at radius 3 is 2.64 bits per heavy atom. The Morgan fingerprint density at radius 2 is 1.91 bits per heavy atom. The molecule has 4 aromatic rings. The van der Waals surface area contributed by atoms with Crippen LogP contribution >= 0.6 is 11.3 Å². The Morgan fingerprint density at radius 1 is 1.15 bits per heavy atom. The zero-order valence-corrected chi connectivity index (χ0v) is 18.3. The highest BCUT2D eigenvalue weighted by Gasteiger charge is 2.30. The van der Waals surface area contributed by atoms with Gasteiger partial charge in [0.15, 0.2) is 5.82 Å². The minimum atomic E-state index is -4.39. The molecule has 170 valence electrons. The number of imidazole rings is 1. The number of halogens is 3. The summed E-state index contributed by atoms with van der Waals surface area (Å²) in [6, 6.07) is 12.9. The second-order valence-electron chi connectivity index (χ2n) is 7.52. The normalized spacial score (nSPS) is 11.6. The number of primary amides is 1. The Bertz CT molecular complexity index is 1360. The van der Waals surface area contributed by atoms with Crippen LogP contribution in [0.3, 0.4) is 0 Å². The zero-order chi connectivity index (χ0) is 23.8. The SMILES string of the molecule is Cn1cc(-c2cccc3cc(Cc4cccc(C(F)(F)F)c4)sc23)nc1C(=O)NCC(N)=O. The van der Waals surface area contributed by atoms with Crippen LogP contribution in [0.2, 0.25) is 0 Å². The smallest absolute Gasteiger partial charge is 0.368 e. The van der Waals surface area contributed by atoms with Crippen molar-refractivity contribution in [3.63, 3.8) is 0 Å². The molecule has 0 saturated heterocycles. The molecule has 2 heterocycles. The van der Waals surface area contributed by atoms with Crippen molar-refractivity contribution in [2.75, 3.05) is 6.54 Å². The fourth-order valence-corrected chi connectivity index (χ4v) is 4.73. The molecule has 0 aliphatic rings. The van der Waals surface area contributed by atoms with E-state index in [1.54, 1.807) is 23.9 Å². The molecule has 0 saturated carbocycles. The van der Waals surface area contributed by atoms with E-state index in [9.17, 15) is 22.8 Å². The van der Waals surface area contributed by atoms with Crippen LogP contribution in [-0.2, 0) is 24.4 Å². The number of hydrogen-bond acceptors (Lipinski definition) is 4. The van der Waals surface area contributed by atoms with Crippen LogP contribution in [0.25, 0.3) is 21.3 Å². The summed E-state index contributed by atoms with van der Waals surface area (Å²) in [5.41, 5.74) is 6.34. The van der Waals surface area contributed by atoms with Gasteiger partial charge in [-0.25, -0.2) is 4.98 Å². The van der Waals surface area contributed by atoms with E-state index in [0.29, 0.717) is 17.7 Å². The third-order valence-corrected chi connectivity index (χ3v) is 6.19. The van der Waals surface area contributed by atoms with E-state index in [1.165, 1.54) is 23.5 Å². The number of amides is 2. The third-order valence-electron chi connectivity index (χ3n) is 5.01. The largest absolute Gasteiger partial charge is 0.416 e. The fourth-order valence-electron chi connectivity index (χ4n) is 3.52. The summed E-state index contributed by atoms with van der Waals surface area (Å²) in [6.45, 7) is -0.291. The number of hydrogen-bond donors (Lipinski definition) is 2. The van der Waals surface area contributed by atoms with Crippen molar-refractivity contribution in [3.8, 4) is 11.3 Å². The first-order chi connectivity index (χ1) is 15.6. The molecule has 4 rings (SSSR count). The highest BCUT2D eigenvalue weighted by Crippen LogP contribution is 2.36. The van der Waals surface area contributed by atoms with E-state index in [-0.39, 0.29) is 12.4 Å². The number of nitrogens with zero attached hydrogens (tertiary/aromatic N) is 2. The maximum atomic E-state index is 13.0. The average Bonchev–Trinajstić information content (AvgIpc) is 3.34. The van der Waals surface area contributed by atoms with E-state index in [0.717, 1.165) is 26.6 Å². The van der Waals surface area contributed by atoms with E-state index in [2.05, 4.69) is 10.3 Å². The summed E-state index contributed by atoms with van der Waals surface area (Å²) < 4.78 is 41.6. The lowest BCUT2D eigenvalue weighted by atomic mass is 10.1. The summed E-state index contributed by atoms with van der Waals surface area (Å²) in [4.78, 5) is 28.6. The molecule has 2 amide bonds. The number of carbonyl (C=O) groups excluding carboxylic acids is 2. The van der Waals surface area contributed by atoms with Crippen molar-refractivity contribution >= 4 is 33.2 Å². The van der Waals surface area contributed by atoms with Crippen molar-refractivity contribution < 1.29 is 22.8 Å². The first kappa shape index (κ1) is 22.5. The molecule has 0 bridgehead atoms. The van der Waals surface area contributed by atoms with Crippen LogP contribution in [0.4, 0.5) is 13.2 Å². The lowest BCUT2D eigenvalue weighted by Gasteiger charge is -2.08. The van der Waals surface area contributed by atoms with Crippen LogP contribution in [0.15, 0.2) is 54.7 Å². The summed E-state index contributed by atoms with van der Waals surface area (Å²) in [6.07, 6.45) is -2.31. The van der Waals surface area contributed by atoms with Gasteiger partial charge in [0.2, 0.25) is 5.91 Å². The molecule has 0 aliphatic carbocycles. The Kier molecular flexibility index (Phi) is 5.94. The number of fused-ring (bicyclic) bond motifs is 1. The van der Waals surface area contributed by atoms with E-state index < -0.39 is 23.6 Å². The van der Waals surface area contributed by atoms with Gasteiger partial charge < -0.3 is 15.6 Å². The maximum absolute atomic E-state index is 13.0. The molecule has 2 aromatic heterocycles. The van der Waals surface area contributed by atoms with Gasteiger partial charge in [-0.05, 0) is 23.1 Å². The quantitative estimate of drug-likeness (QED) is 0.442. The second kappa shape index (κ2) is 8.70. The van der Waals surface area contributed by atoms with Gasteiger partial charge in [0, 0.05) is 34.8 Å². The summed E-state index contributed by atoms with van der Waals surface area (Å²) in [7, 11) is 1.67. The van der Waals surface area contributed by atoms with Gasteiger partial charge in [-0.15, -0.1) is 11.3 Å². The van der Waals surface area contributed by atoms with Crippen LogP contribution in [0, 0.1) is 0 Å². The van der Waals surface area contributed by atoms with Gasteiger partial charge in [-0.3, -0.25) is 9.59 Å². The predicted molar refractivity (Wildman–Crippen MR) is 120 cm³/mol. The van der Waals surface area contributed by atoms with Gasteiger partial charge >= 0.3 is 6.18 Å². The van der Waals surface area contributed by atoms with Gasteiger partial charge in [0.25, 0.3) is 5.91 Å². The molecule has 0 spiro atoms. The zero-order valence-electron chi connectivity index (χ0n) is 17.4. The molecule has 0 unspecified atom stereocenters. The number of nitrogens with one attached hydrogen (secondary N) is 1. The average molecular weight is 472 g/mol. The number of alkyl halides is 3. The Labute approximate surface area is 190 Å². The molecule has 2 aromatic carbocycles. The van der Waals surface area contributed by atoms with Crippen LogP contribution in [0.5, 0.6) is 0 Å². The molecule has 6 nitrogen and oxygen atoms in total. The lowest BCUT2D eigenvalue weighted by Crippen LogP contribution is -2.34. The second-order valence-corrected chi connectivity index (χ2v) is 8.66. The minimum absolute atomic E-state index is 0.129. The van der Waals surface area contributed by atoms with Gasteiger partial charge in [0.1, 0.15) is 0 Å². The van der Waals surface area contributed by atoms with Crippen molar-refractivity contribution in [3.05, 3.63) is 76.6 Å². The van der Waals surface area contributed by atoms with Gasteiger partial charge in [-0.1, -0.05) is 36.4 Å². The monoisotopic (exact) mass is 472 g/mol. The third kappa shape index (κ3) is 4.90. The highest BCUT2D eigenvalue weighted by atomic mass is 32.1. The molecule has 3 N–H and O–H groups in total. The van der Waals surface area contributed by atoms with E-state index in [1.807, 2.05) is 24.3 Å². The van der Waals surface area contributed by atoms with E-state index in [4.69, 9.17) is 5.73 Å². The molecule has 10 heteroatoms. The molecule has 0 radical (unpaired) electrons. The van der Waals surface area contributed by atoms with Gasteiger partial charge in [0.05, 0.1) is 17.8 Å². The number of nitrogens with two attached hydrogens (primary N) is 1. The number of rotatable bonds is 6. The predicted octanol–water partition coefficient (Wildman–Crippen LogP) is 4.13. The molecule has 0 aliphatic heterocycles. The van der Waals surface area contributed by atoms with Crippen molar-refractivity contribution in [2.45, 2.75) is 12.6 Å².